The van der Waals surface area contributed by atoms with Crippen molar-refractivity contribution in [2.24, 2.45) is 0 Å². The van der Waals surface area contributed by atoms with Crippen LogP contribution in [0.15, 0.2) is 18.2 Å². The second-order valence-corrected chi connectivity index (χ2v) is 4.48. The third-order valence-corrected chi connectivity index (χ3v) is 3.14. The Hall–Kier alpha value is -2.62. The molecule has 0 aliphatic carbocycles. The molecule has 0 aliphatic rings. The Morgan fingerprint density at radius 1 is 1.48 bits per heavy atom. The predicted octanol–water partition coefficient (Wildman–Crippen LogP) is 2.14. The minimum Gasteiger partial charge on any atom is -0.374 e. The molecule has 1 aromatic rings. The maximum Gasteiger partial charge on any atom is 0.289 e. The lowest BCUT2D eigenvalue weighted by Gasteiger charge is -2.24. The first-order chi connectivity index (χ1) is 9.94. The maximum atomic E-state index is 12.1. The van der Waals surface area contributed by atoms with Crippen molar-refractivity contribution in [1.82, 2.24) is 4.90 Å². The third kappa shape index (κ3) is 3.92. The number of rotatable bonds is 6. The van der Waals surface area contributed by atoms with Gasteiger partial charge in [-0.3, -0.25) is 14.9 Å². The number of carbonyl (C=O) groups excluding carboxylic acids is 1. The lowest BCUT2D eigenvalue weighted by atomic mass is 10.1. The Labute approximate surface area is 123 Å². The molecule has 1 N–H and O–H groups in total. The number of anilines is 1. The number of nitrogens with zero attached hydrogens (tertiary/aromatic N) is 3. The van der Waals surface area contributed by atoms with Crippen LogP contribution in [0.2, 0.25) is 0 Å². The first-order valence-electron chi connectivity index (χ1n) is 6.68. The summed E-state index contributed by atoms with van der Waals surface area (Å²) in [5.41, 5.74) is 0.159. The summed E-state index contributed by atoms with van der Waals surface area (Å²) in [5.74, 6) is -0.0768. The number of amides is 1. The van der Waals surface area contributed by atoms with Gasteiger partial charge in [-0.2, -0.15) is 5.26 Å². The minimum absolute atomic E-state index is 0.00623. The summed E-state index contributed by atoms with van der Waals surface area (Å²) in [4.78, 5) is 24.1. The van der Waals surface area contributed by atoms with Crippen LogP contribution in [0.1, 0.15) is 26.3 Å². The zero-order chi connectivity index (χ0) is 16.0. The van der Waals surface area contributed by atoms with Crippen LogP contribution in [0, 0.1) is 21.4 Å². The van der Waals surface area contributed by atoms with Crippen LogP contribution in [0.25, 0.3) is 0 Å². The van der Waals surface area contributed by atoms with Crippen molar-refractivity contribution in [2.75, 3.05) is 18.4 Å². The van der Waals surface area contributed by atoms with Crippen molar-refractivity contribution in [3.05, 3.63) is 33.9 Å². The second-order valence-electron chi connectivity index (χ2n) is 4.48. The van der Waals surface area contributed by atoms with Crippen molar-refractivity contribution >= 4 is 17.3 Å². The smallest absolute Gasteiger partial charge is 0.289 e. The second kappa shape index (κ2) is 7.24. The maximum absolute atomic E-state index is 12.1. The fourth-order valence-corrected chi connectivity index (χ4v) is 1.99. The number of nitro groups is 1. The standard InChI is InChI=1S/C14H18N4O3/c1-4-17(5-2)14(19)10(3)16-12-7-6-11(9-15)13(8-12)18(20)21/h6-8,10,16H,4-5H2,1-3H3. The largest absolute Gasteiger partial charge is 0.374 e. The molecular weight excluding hydrogens is 272 g/mol. The third-order valence-electron chi connectivity index (χ3n) is 3.14. The molecule has 7 nitrogen and oxygen atoms in total. The fourth-order valence-electron chi connectivity index (χ4n) is 1.99. The average Bonchev–Trinajstić information content (AvgIpc) is 2.48. The van der Waals surface area contributed by atoms with Crippen LogP contribution in [-0.4, -0.2) is 34.9 Å². The molecule has 1 rings (SSSR count). The molecule has 0 bridgehead atoms. The van der Waals surface area contributed by atoms with E-state index >= 15 is 0 Å². The van der Waals surface area contributed by atoms with Gasteiger partial charge in [0, 0.05) is 24.8 Å². The lowest BCUT2D eigenvalue weighted by Crippen LogP contribution is -2.41. The van der Waals surface area contributed by atoms with E-state index in [0.29, 0.717) is 18.8 Å². The van der Waals surface area contributed by atoms with E-state index in [0.717, 1.165) is 0 Å². The molecule has 0 radical (unpaired) electrons. The number of nitriles is 1. The summed E-state index contributed by atoms with van der Waals surface area (Å²) in [6, 6.07) is 5.46. The van der Waals surface area contributed by atoms with Crippen LogP contribution in [0.3, 0.4) is 0 Å². The number of hydrogen-bond donors (Lipinski definition) is 1. The number of benzene rings is 1. The zero-order valence-corrected chi connectivity index (χ0v) is 12.3. The van der Waals surface area contributed by atoms with Gasteiger partial charge in [0.2, 0.25) is 5.91 Å². The normalized spacial score (nSPS) is 11.3. The predicted molar refractivity (Wildman–Crippen MR) is 78.8 cm³/mol. The Bertz CT molecular complexity index is 576. The molecule has 0 spiro atoms. The van der Waals surface area contributed by atoms with E-state index in [1.807, 2.05) is 13.8 Å². The number of hydrogen-bond acceptors (Lipinski definition) is 5. The van der Waals surface area contributed by atoms with E-state index in [9.17, 15) is 14.9 Å². The minimum atomic E-state index is -0.611. The molecule has 0 heterocycles. The van der Waals surface area contributed by atoms with Crippen molar-refractivity contribution in [1.29, 1.82) is 5.26 Å². The number of nitro benzene ring substituents is 1. The van der Waals surface area contributed by atoms with Crippen LogP contribution in [0.5, 0.6) is 0 Å². The summed E-state index contributed by atoms with van der Waals surface area (Å²) < 4.78 is 0. The first-order valence-corrected chi connectivity index (χ1v) is 6.68. The van der Waals surface area contributed by atoms with Gasteiger partial charge in [-0.25, -0.2) is 0 Å². The van der Waals surface area contributed by atoms with Gasteiger partial charge >= 0.3 is 0 Å². The molecule has 0 saturated carbocycles. The summed E-state index contributed by atoms with van der Waals surface area (Å²) >= 11 is 0. The SMILES string of the molecule is CCN(CC)C(=O)C(C)Nc1ccc(C#N)c([N+](=O)[O-])c1. The van der Waals surface area contributed by atoms with Gasteiger partial charge in [-0.05, 0) is 32.9 Å². The van der Waals surface area contributed by atoms with Gasteiger partial charge in [0.1, 0.15) is 17.7 Å². The van der Waals surface area contributed by atoms with Gasteiger partial charge in [-0.1, -0.05) is 0 Å². The highest BCUT2D eigenvalue weighted by molar-refractivity contribution is 5.84. The summed E-state index contributed by atoms with van der Waals surface area (Å²) in [6.07, 6.45) is 0. The molecule has 7 heteroatoms. The number of carbonyl (C=O) groups is 1. The summed E-state index contributed by atoms with van der Waals surface area (Å²) in [6.45, 7) is 6.69. The van der Waals surface area contributed by atoms with Crippen LogP contribution in [0.4, 0.5) is 11.4 Å². The Morgan fingerprint density at radius 2 is 2.10 bits per heavy atom. The lowest BCUT2D eigenvalue weighted by molar-refractivity contribution is -0.385. The van der Waals surface area contributed by atoms with E-state index in [1.165, 1.54) is 12.1 Å². The van der Waals surface area contributed by atoms with E-state index in [-0.39, 0.29) is 17.2 Å². The Kier molecular flexibility index (Phi) is 5.67. The van der Waals surface area contributed by atoms with Crippen molar-refractivity contribution in [2.45, 2.75) is 26.8 Å². The topological polar surface area (TPSA) is 99.3 Å². The molecule has 0 aromatic heterocycles. The molecular formula is C14H18N4O3. The zero-order valence-electron chi connectivity index (χ0n) is 12.3. The molecule has 1 amide bonds. The van der Waals surface area contributed by atoms with E-state index in [1.54, 1.807) is 24.0 Å². The molecule has 0 aliphatic heterocycles. The molecule has 0 fully saturated rings. The van der Waals surface area contributed by atoms with Gasteiger partial charge in [0.25, 0.3) is 5.69 Å². The van der Waals surface area contributed by atoms with Crippen LogP contribution < -0.4 is 5.32 Å². The van der Waals surface area contributed by atoms with E-state index in [2.05, 4.69) is 5.32 Å². The molecule has 1 aromatic carbocycles. The van der Waals surface area contributed by atoms with E-state index in [4.69, 9.17) is 5.26 Å². The molecule has 112 valence electrons. The van der Waals surface area contributed by atoms with Gasteiger partial charge in [0.05, 0.1) is 4.92 Å². The Morgan fingerprint density at radius 3 is 2.57 bits per heavy atom. The molecule has 1 unspecified atom stereocenters. The number of likely N-dealkylation sites (N-methyl/N-ethyl adjacent to an activating group) is 1. The summed E-state index contributed by atoms with van der Waals surface area (Å²) in [5, 5.41) is 22.7. The molecule has 21 heavy (non-hydrogen) atoms. The summed E-state index contributed by atoms with van der Waals surface area (Å²) in [7, 11) is 0. The monoisotopic (exact) mass is 290 g/mol. The van der Waals surface area contributed by atoms with Crippen molar-refractivity contribution in [3.63, 3.8) is 0 Å². The Balaban J connectivity index is 2.94. The average molecular weight is 290 g/mol. The molecule has 1 atom stereocenters. The fraction of sp³-hybridized carbons (Fsp3) is 0.429. The van der Waals surface area contributed by atoms with Crippen LogP contribution >= 0.6 is 0 Å². The van der Waals surface area contributed by atoms with Gasteiger partial charge in [0.15, 0.2) is 0 Å². The van der Waals surface area contributed by atoms with Crippen molar-refractivity contribution < 1.29 is 9.72 Å². The first kappa shape index (κ1) is 16.4. The van der Waals surface area contributed by atoms with Crippen molar-refractivity contribution in [3.8, 4) is 6.07 Å². The van der Waals surface area contributed by atoms with Gasteiger partial charge in [-0.15, -0.1) is 0 Å². The van der Waals surface area contributed by atoms with E-state index < -0.39 is 11.0 Å². The highest BCUT2D eigenvalue weighted by Crippen LogP contribution is 2.23. The molecule has 0 saturated heterocycles. The quantitative estimate of drug-likeness (QED) is 0.639. The number of nitrogens with one attached hydrogen (secondary N) is 1. The highest BCUT2D eigenvalue weighted by atomic mass is 16.6. The van der Waals surface area contributed by atoms with Crippen LogP contribution in [-0.2, 0) is 4.79 Å². The van der Waals surface area contributed by atoms with Gasteiger partial charge < -0.3 is 10.2 Å². The highest BCUT2D eigenvalue weighted by Gasteiger charge is 2.20.